The zero-order valence-corrected chi connectivity index (χ0v) is 12.5. The van der Waals surface area contributed by atoms with Crippen LogP contribution in [-0.4, -0.2) is 21.9 Å². The van der Waals surface area contributed by atoms with Crippen molar-refractivity contribution in [3.8, 4) is 11.3 Å². The number of pyridine rings is 1. The lowest BCUT2D eigenvalue weighted by atomic mass is 10.0. The number of aromatic nitrogens is 2. The van der Waals surface area contributed by atoms with Gasteiger partial charge in [-0.1, -0.05) is 23.4 Å². The summed E-state index contributed by atoms with van der Waals surface area (Å²) in [6.45, 7) is 6.02. The fourth-order valence-corrected chi connectivity index (χ4v) is 2.78. The molecule has 0 saturated carbocycles. The van der Waals surface area contributed by atoms with Crippen LogP contribution in [0.3, 0.4) is 0 Å². The van der Waals surface area contributed by atoms with Gasteiger partial charge in [-0.3, -0.25) is 0 Å². The minimum atomic E-state index is 0.120. The molecule has 0 spiro atoms. The molecule has 0 aliphatic heterocycles. The summed E-state index contributed by atoms with van der Waals surface area (Å²) in [7, 11) is 0. The van der Waals surface area contributed by atoms with Gasteiger partial charge in [0.05, 0.1) is 22.5 Å². The Morgan fingerprint density at radius 1 is 1.19 bits per heavy atom. The zero-order chi connectivity index (χ0) is 15.0. The van der Waals surface area contributed by atoms with Crippen LogP contribution in [0.4, 0.5) is 0 Å². The number of hydrogen-bond acceptors (Lipinski definition) is 4. The van der Waals surface area contributed by atoms with Crippen LogP contribution in [0.5, 0.6) is 0 Å². The first-order valence-electron chi connectivity index (χ1n) is 7.05. The summed E-state index contributed by atoms with van der Waals surface area (Å²) in [5.74, 6) is 0.776. The molecule has 0 unspecified atom stereocenters. The summed E-state index contributed by atoms with van der Waals surface area (Å²) in [5, 5.41) is 14.4. The Labute approximate surface area is 123 Å². The predicted molar refractivity (Wildman–Crippen MR) is 82.2 cm³/mol. The zero-order valence-electron chi connectivity index (χ0n) is 12.5. The Morgan fingerprint density at radius 3 is 2.67 bits per heavy atom. The molecule has 0 fully saturated rings. The van der Waals surface area contributed by atoms with Gasteiger partial charge in [0.1, 0.15) is 5.76 Å². The van der Waals surface area contributed by atoms with Gasteiger partial charge in [-0.2, -0.15) is 0 Å². The van der Waals surface area contributed by atoms with E-state index in [1.807, 2.05) is 26.0 Å². The van der Waals surface area contributed by atoms with Crippen molar-refractivity contribution in [2.24, 2.45) is 0 Å². The second-order valence-corrected chi connectivity index (χ2v) is 5.31. The van der Waals surface area contributed by atoms with Gasteiger partial charge in [0.25, 0.3) is 0 Å². The minimum Gasteiger partial charge on any atom is -0.396 e. The van der Waals surface area contributed by atoms with Gasteiger partial charge in [-0.25, -0.2) is 4.98 Å². The van der Waals surface area contributed by atoms with Crippen molar-refractivity contribution in [3.05, 3.63) is 46.8 Å². The Kier molecular flexibility index (Phi) is 3.47. The number of rotatable bonds is 3. The van der Waals surface area contributed by atoms with Crippen molar-refractivity contribution >= 4 is 10.9 Å². The molecular formula is C17H18N2O2. The smallest absolute Gasteiger partial charge is 0.143 e. The number of aliphatic hydroxyl groups is 1. The normalized spacial score (nSPS) is 11.2. The summed E-state index contributed by atoms with van der Waals surface area (Å²) >= 11 is 0. The lowest BCUT2D eigenvalue weighted by molar-refractivity contribution is 0.300. The lowest BCUT2D eigenvalue weighted by Gasteiger charge is -2.10. The quantitative estimate of drug-likeness (QED) is 0.800. The molecule has 3 aromatic rings. The number of hydrogen-bond donors (Lipinski definition) is 1. The maximum absolute atomic E-state index is 9.24. The molecule has 0 aliphatic rings. The summed E-state index contributed by atoms with van der Waals surface area (Å²) in [5.41, 5.74) is 5.85. The largest absolute Gasteiger partial charge is 0.396 e. The van der Waals surface area contributed by atoms with Gasteiger partial charge in [-0.05, 0) is 44.4 Å². The molecule has 3 rings (SSSR count). The molecule has 4 heteroatoms. The second kappa shape index (κ2) is 5.30. The van der Waals surface area contributed by atoms with E-state index in [1.54, 1.807) is 0 Å². The highest BCUT2D eigenvalue weighted by atomic mass is 16.5. The number of aryl methyl sites for hydroxylation is 3. The highest BCUT2D eigenvalue weighted by molar-refractivity contribution is 5.87. The Morgan fingerprint density at radius 2 is 2.00 bits per heavy atom. The molecule has 0 amide bonds. The molecule has 108 valence electrons. The van der Waals surface area contributed by atoms with Crippen LogP contribution in [0, 0.1) is 20.8 Å². The summed E-state index contributed by atoms with van der Waals surface area (Å²) in [6, 6.07) is 8.16. The first-order valence-corrected chi connectivity index (χ1v) is 7.05. The fourth-order valence-electron chi connectivity index (χ4n) is 2.78. The van der Waals surface area contributed by atoms with E-state index in [4.69, 9.17) is 9.51 Å². The fraction of sp³-hybridized carbons (Fsp3) is 0.294. The highest BCUT2D eigenvalue weighted by Crippen LogP contribution is 2.30. The van der Waals surface area contributed by atoms with E-state index in [2.05, 4.69) is 24.2 Å². The van der Waals surface area contributed by atoms with Crippen LogP contribution >= 0.6 is 0 Å². The monoisotopic (exact) mass is 282 g/mol. The lowest BCUT2D eigenvalue weighted by Crippen LogP contribution is -1.97. The van der Waals surface area contributed by atoms with Crippen molar-refractivity contribution in [3.63, 3.8) is 0 Å². The third-order valence-corrected chi connectivity index (χ3v) is 3.80. The molecule has 0 radical (unpaired) electrons. The third kappa shape index (κ3) is 2.32. The Bertz CT molecular complexity index is 786. The minimum absolute atomic E-state index is 0.120. The number of para-hydroxylation sites is 1. The van der Waals surface area contributed by atoms with Crippen LogP contribution in [-0.2, 0) is 6.42 Å². The van der Waals surface area contributed by atoms with Crippen LogP contribution in [0.15, 0.2) is 28.8 Å². The van der Waals surface area contributed by atoms with Gasteiger partial charge in [0.2, 0.25) is 0 Å². The van der Waals surface area contributed by atoms with E-state index in [9.17, 15) is 5.11 Å². The van der Waals surface area contributed by atoms with E-state index in [0.717, 1.165) is 44.7 Å². The van der Waals surface area contributed by atoms with Crippen molar-refractivity contribution in [1.82, 2.24) is 10.1 Å². The maximum Gasteiger partial charge on any atom is 0.143 e. The van der Waals surface area contributed by atoms with Crippen molar-refractivity contribution in [2.45, 2.75) is 27.2 Å². The topological polar surface area (TPSA) is 59.2 Å². The van der Waals surface area contributed by atoms with Crippen LogP contribution < -0.4 is 0 Å². The maximum atomic E-state index is 9.24. The molecule has 1 N–H and O–H groups in total. The highest BCUT2D eigenvalue weighted by Gasteiger charge is 2.15. The summed E-state index contributed by atoms with van der Waals surface area (Å²) in [4.78, 5) is 4.81. The van der Waals surface area contributed by atoms with E-state index in [1.165, 1.54) is 0 Å². The number of nitrogens with zero attached hydrogens (tertiary/aromatic N) is 2. The first-order chi connectivity index (χ1) is 10.1. The molecule has 0 atom stereocenters. The van der Waals surface area contributed by atoms with Crippen LogP contribution in [0.2, 0.25) is 0 Å². The standard InChI is InChI=1S/C17H18N2O2/c1-10-9-15(16-11(2)19-21-12(16)3)18-17-13(7-8-20)5-4-6-14(10)17/h4-6,9,20H,7-8H2,1-3H3. The molecule has 2 aromatic heterocycles. The van der Waals surface area contributed by atoms with Crippen molar-refractivity contribution < 1.29 is 9.63 Å². The average Bonchev–Trinajstić information content (AvgIpc) is 2.79. The van der Waals surface area contributed by atoms with Crippen LogP contribution in [0.1, 0.15) is 22.6 Å². The summed E-state index contributed by atoms with van der Waals surface area (Å²) < 4.78 is 5.25. The van der Waals surface area contributed by atoms with Gasteiger partial charge in [-0.15, -0.1) is 0 Å². The van der Waals surface area contributed by atoms with Crippen molar-refractivity contribution in [1.29, 1.82) is 0 Å². The molecular weight excluding hydrogens is 264 g/mol. The number of benzene rings is 1. The van der Waals surface area contributed by atoms with Gasteiger partial charge >= 0.3 is 0 Å². The SMILES string of the molecule is Cc1noc(C)c1-c1cc(C)c2cccc(CCO)c2n1. The van der Waals surface area contributed by atoms with Crippen LogP contribution in [0.25, 0.3) is 22.2 Å². The molecule has 21 heavy (non-hydrogen) atoms. The number of fused-ring (bicyclic) bond motifs is 1. The third-order valence-electron chi connectivity index (χ3n) is 3.80. The predicted octanol–water partition coefficient (Wildman–Crippen LogP) is 3.35. The molecule has 1 aromatic carbocycles. The van der Waals surface area contributed by atoms with E-state index >= 15 is 0 Å². The van der Waals surface area contributed by atoms with Gasteiger partial charge < -0.3 is 9.63 Å². The molecule has 0 saturated heterocycles. The number of aliphatic hydroxyl groups excluding tert-OH is 1. The molecule has 2 heterocycles. The Balaban J connectivity index is 2.29. The molecule has 0 bridgehead atoms. The molecule has 4 nitrogen and oxygen atoms in total. The molecule has 0 aliphatic carbocycles. The van der Waals surface area contributed by atoms with E-state index in [0.29, 0.717) is 6.42 Å². The second-order valence-electron chi connectivity index (χ2n) is 5.31. The summed E-state index contributed by atoms with van der Waals surface area (Å²) in [6.07, 6.45) is 0.606. The average molecular weight is 282 g/mol. The van der Waals surface area contributed by atoms with Gasteiger partial charge in [0.15, 0.2) is 0 Å². The van der Waals surface area contributed by atoms with E-state index in [-0.39, 0.29) is 6.61 Å². The van der Waals surface area contributed by atoms with Gasteiger partial charge in [0, 0.05) is 12.0 Å². The van der Waals surface area contributed by atoms with E-state index < -0.39 is 0 Å². The first kappa shape index (κ1) is 13.8. The Hall–Kier alpha value is -2.20. The van der Waals surface area contributed by atoms with Crippen molar-refractivity contribution in [2.75, 3.05) is 6.61 Å².